The number of rotatable bonds is 4. The van der Waals surface area contributed by atoms with Gasteiger partial charge in [0.1, 0.15) is 5.82 Å². The summed E-state index contributed by atoms with van der Waals surface area (Å²) in [4.78, 5) is 0. The van der Waals surface area contributed by atoms with Crippen LogP contribution in [0.2, 0.25) is 0 Å². The summed E-state index contributed by atoms with van der Waals surface area (Å²) in [5.74, 6) is -0.175. The maximum absolute atomic E-state index is 13.2. The Hall–Kier alpha value is -1.35. The average Bonchev–Trinajstić information content (AvgIpc) is 2.55. The van der Waals surface area contributed by atoms with Gasteiger partial charge in [-0.05, 0) is 36.7 Å². The zero-order chi connectivity index (χ0) is 12.4. The molecule has 0 spiro atoms. The number of nitrogens with one attached hydrogen (secondary N) is 1. The highest BCUT2D eigenvalue weighted by atomic mass is 19.1. The molecule has 0 saturated heterocycles. The van der Waals surface area contributed by atoms with E-state index in [1.807, 2.05) is 17.7 Å². The summed E-state index contributed by atoms with van der Waals surface area (Å²) in [6, 6.07) is 5.49. The summed E-state index contributed by atoms with van der Waals surface area (Å²) in [7, 11) is 1.96. The summed E-state index contributed by atoms with van der Waals surface area (Å²) in [6.07, 6.45) is 3.06. The van der Waals surface area contributed by atoms with Gasteiger partial charge in [-0.2, -0.15) is 0 Å². The van der Waals surface area contributed by atoms with E-state index < -0.39 is 0 Å². The van der Waals surface area contributed by atoms with Crippen LogP contribution in [0.1, 0.15) is 19.4 Å². The van der Waals surface area contributed by atoms with Crippen molar-refractivity contribution in [2.24, 2.45) is 7.05 Å². The number of aryl methyl sites for hydroxylation is 1. The third kappa shape index (κ3) is 2.67. The molecule has 1 aromatic heterocycles. The van der Waals surface area contributed by atoms with Crippen LogP contribution in [0.15, 0.2) is 24.4 Å². The van der Waals surface area contributed by atoms with Gasteiger partial charge in [0.25, 0.3) is 0 Å². The van der Waals surface area contributed by atoms with Crippen molar-refractivity contribution in [3.8, 4) is 0 Å². The lowest BCUT2D eigenvalue weighted by molar-refractivity contribution is 0.591. The van der Waals surface area contributed by atoms with Crippen LogP contribution in [0.4, 0.5) is 4.39 Å². The molecule has 2 aromatic rings. The predicted octanol–water partition coefficient (Wildman–Crippen LogP) is 2.86. The molecule has 1 heterocycles. The van der Waals surface area contributed by atoms with Gasteiger partial charge < -0.3 is 9.88 Å². The molecule has 0 saturated carbocycles. The Morgan fingerprint density at radius 2 is 2.12 bits per heavy atom. The molecule has 17 heavy (non-hydrogen) atoms. The monoisotopic (exact) mass is 234 g/mol. The third-order valence-electron chi connectivity index (χ3n) is 2.98. The quantitative estimate of drug-likeness (QED) is 0.860. The van der Waals surface area contributed by atoms with Crippen molar-refractivity contribution in [1.29, 1.82) is 0 Å². The number of fused-ring (bicyclic) bond motifs is 1. The molecule has 0 aliphatic carbocycles. The van der Waals surface area contributed by atoms with Crippen molar-refractivity contribution in [2.45, 2.75) is 26.3 Å². The molecular weight excluding hydrogens is 215 g/mol. The van der Waals surface area contributed by atoms with Crippen LogP contribution in [0.3, 0.4) is 0 Å². The molecule has 0 amide bonds. The fourth-order valence-corrected chi connectivity index (χ4v) is 2.14. The van der Waals surface area contributed by atoms with Crippen LogP contribution in [-0.4, -0.2) is 17.2 Å². The van der Waals surface area contributed by atoms with E-state index in [0.717, 1.165) is 23.9 Å². The fraction of sp³-hybridized carbons (Fsp3) is 0.429. The lowest BCUT2D eigenvalue weighted by Gasteiger charge is -2.06. The van der Waals surface area contributed by atoms with E-state index in [9.17, 15) is 4.39 Å². The van der Waals surface area contributed by atoms with Crippen molar-refractivity contribution in [3.05, 3.63) is 35.8 Å². The van der Waals surface area contributed by atoms with Crippen LogP contribution in [0, 0.1) is 5.82 Å². The Bertz CT molecular complexity index is 514. The molecule has 0 aliphatic rings. The minimum Gasteiger partial charge on any atom is -0.350 e. The molecule has 0 bridgehead atoms. The van der Waals surface area contributed by atoms with E-state index in [0.29, 0.717) is 6.04 Å². The van der Waals surface area contributed by atoms with Gasteiger partial charge in [-0.3, -0.25) is 0 Å². The van der Waals surface area contributed by atoms with Crippen molar-refractivity contribution in [1.82, 2.24) is 9.88 Å². The van der Waals surface area contributed by atoms with Gasteiger partial charge in [0, 0.05) is 24.7 Å². The summed E-state index contributed by atoms with van der Waals surface area (Å²) < 4.78 is 15.1. The number of nitrogens with zero attached hydrogens (tertiary/aromatic N) is 1. The maximum atomic E-state index is 13.2. The van der Waals surface area contributed by atoms with Crippen molar-refractivity contribution in [3.63, 3.8) is 0 Å². The number of benzene rings is 1. The molecule has 0 unspecified atom stereocenters. The highest BCUT2D eigenvalue weighted by Gasteiger charge is 2.07. The second-order valence-electron chi connectivity index (χ2n) is 4.79. The zero-order valence-electron chi connectivity index (χ0n) is 10.6. The van der Waals surface area contributed by atoms with Crippen molar-refractivity contribution >= 4 is 10.9 Å². The molecule has 2 nitrogen and oxygen atoms in total. The summed E-state index contributed by atoms with van der Waals surface area (Å²) >= 11 is 0. The molecule has 92 valence electrons. The number of hydrogen-bond donors (Lipinski definition) is 1. The van der Waals surface area contributed by atoms with E-state index in [4.69, 9.17) is 0 Å². The first-order valence-electron chi connectivity index (χ1n) is 6.05. The second-order valence-corrected chi connectivity index (χ2v) is 4.79. The Balaban J connectivity index is 2.23. The first-order valence-corrected chi connectivity index (χ1v) is 6.05. The predicted molar refractivity (Wildman–Crippen MR) is 69.7 cm³/mol. The van der Waals surface area contributed by atoms with Gasteiger partial charge in [0.05, 0.1) is 5.52 Å². The van der Waals surface area contributed by atoms with E-state index in [1.54, 1.807) is 6.07 Å². The molecule has 1 aromatic carbocycles. The Kier molecular flexibility index (Phi) is 3.48. The van der Waals surface area contributed by atoms with Gasteiger partial charge in [0.15, 0.2) is 0 Å². The summed E-state index contributed by atoms with van der Waals surface area (Å²) in [5, 5.41) is 4.55. The number of hydrogen-bond acceptors (Lipinski definition) is 1. The van der Waals surface area contributed by atoms with Crippen LogP contribution in [0.5, 0.6) is 0 Å². The molecule has 0 atom stereocenters. The van der Waals surface area contributed by atoms with Gasteiger partial charge >= 0.3 is 0 Å². The normalized spacial score (nSPS) is 11.6. The van der Waals surface area contributed by atoms with Crippen molar-refractivity contribution < 1.29 is 4.39 Å². The smallest absolute Gasteiger partial charge is 0.125 e. The molecule has 3 heteroatoms. The highest BCUT2D eigenvalue weighted by molar-refractivity contribution is 5.84. The lowest BCUT2D eigenvalue weighted by atomic mass is 10.1. The standard InChI is InChI=1S/C14H19FN2/c1-10(2)16-7-6-11-9-17(3)14-8-12(15)4-5-13(11)14/h4-5,8-10,16H,6-7H2,1-3H3. The van der Waals surface area contributed by atoms with Crippen LogP contribution >= 0.6 is 0 Å². The van der Waals surface area contributed by atoms with Gasteiger partial charge in [-0.1, -0.05) is 13.8 Å². The van der Waals surface area contributed by atoms with Gasteiger partial charge in [-0.25, -0.2) is 4.39 Å². The minimum absolute atomic E-state index is 0.175. The Labute approximate surface area is 101 Å². The van der Waals surface area contributed by atoms with Crippen LogP contribution in [-0.2, 0) is 13.5 Å². The van der Waals surface area contributed by atoms with Gasteiger partial charge in [-0.15, -0.1) is 0 Å². The second kappa shape index (κ2) is 4.88. The average molecular weight is 234 g/mol. The zero-order valence-corrected chi connectivity index (χ0v) is 10.6. The number of aromatic nitrogens is 1. The molecular formula is C14H19FN2. The Morgan fingerprint density at radius 3 is 2.82 bits per heavy atom. The summed E-state index contributed by atoms with van der Waals surface area (Å²) in [5.41, 5.74) is 2.24. The third-order valence-corrected chi connectivity index (χ3v) is 2.98. The summed E-state index contributed by atoms with van der Waals surface area (Å²) in [6.45, 7) is 5.23. The van der Waals surface area contributed by atoms with Crippen LogP contribution in [0.25, 0.3) is 10.9 Å². The lowest BCUT2D eigenvalue weighted by Crippen LogP contribution is -2.24. The van der Waals surface area contributed by atoms with E-state index in [-0.39, 0.29) is 5.82 Å². The molecule has 0 aliphatic heterocycles. The topological polar surface area (TPSA) is 17.0 Å². The Morgan fingerprint density at radius 1 is 1.35 bits per heavy atom. The van der Waals surface area contributed by atoms with Crippen molar-refractivity contribution in [2.75, 3.05) is 6.54 Å². The van der Waals surface area contributed by atoms with E-state index in [2.05, 4.69) is 25.4 Å². The van der Waals surface area contributed by atoms with E-state index in [1.165, 1.54) is 11.6 Å². The fourth-order valence-electron chi connectivity index (χ4n) is 2.14. The molecule has 2 rings (SSSR count). The molecule has 1 N–H and O–H groups in total. The van der Waals surface area contributed by atoms with E-state index >= 15 is 0 Å². The first kappa shape index (κ1) is 12.1. The highest BCUT2D eigenvalue weighted by Crippen LogP contribution is 2.21. The van der Waals surface area contributed by atoms with Crippen LogP contribution < -0.4 is 5.32 Å². The molecule has 0 radical (unpaired) electrons. The largest absolute Gasteiger partial charge is 0.350 e. The number of halogens is 1. The maximum Gasteiger partial charge on any atom is 0.125 e. The molecule has 0 fully saturated rings. The minimum atomic E-state index is -0.175. The SMILES string of the molecule is CC(C)NCCc1cn(C)c2cc(F)ccc12. The van der Waals surface area contributed by atoms with Gasteiger partial charge in [0.2, 0.25) is 0 Å². The first-order chi connectivity index (χ1) is 8.08.